The fraction of sp³-hybridized carbons (Fsp3) is 0.417. The molecule has 3 rings (SSSR count). The van der Waals surface area contributed by atoms with Gasteiger partial charge in [-0.3, -0.25) is 9.59 Å². The minimum absolute atomic E-state index is 0.00739. The van der Waals surface area contributed by atoms with Crippen molar-refractivity contribution in [3.05, 3.63) is 60.2 Å². The summed E-state index contributed by atoms with van der Waals surface area (Å²) in [6, 6.07) is 17.7. The SMILES string of the molecule is CCC(CC)NC(=O)C1CN(C(=O)C(C)SCc2ccccc2)c2ccccc2O1. The van der Waals surface area contributed by atoms with Crippen LogP contribution < -0.4 is 15.0 Å². The number of amides is 2. The highest BCUT2D eigenvalue weighted by molar-refractivity contribution is 7.99. The highest BCUT2D eigenvalue weighted by Crippen LogP contribution is 2.35. The summed E-state index contributed by atoms with van der Waals surface area (Å²) in [7, 11) is 0. The van der Waals surface area contributed by atoms with Crippen LogP contribution in [0.3, 0.4) is 0 Å². The molecule has 0 saturated heterocycles. The van der Waals surface area contributed by atoms with E-state index in [4.69, 9.17) is 4.74 Å². The minimum atomic E-state index is -0.712. The predicted molar refractivity (Wildman–Crippen MR) is 123 cm³/mol. The summed E-state index contributed by atoms with van der Waals surface area (Å²) in [6.07, 6.45) is 1.01. The van der Waals surface area contributed by atoms with Crippen LogP contribution in [0.15, 0.2) is 54.6 Å². The third-order valence-corrected chi connectivity index (χ3v) is 6.56. The van der Waals surface area contributed by atoms with E-state index in [9.17, 15) is 9.59 Å². The average Bonchev–Trinajstić information content (AvgIpc) is 2.80. The molecular formula is C24H30N2O3S. The molecule has 0 aromatic heterocycles. The van der Waals surface area contributed by atoms with Gasteiger partial charge in [0, 0.05) is 11.8 Å². The molecule has 5 nitrogen and oxygen atoms in total. The molecule has 2 atom stereocenters. The van der Waals surface area contributed by atoms with Crippen molar-refractivity contribution in [2.75, 3.05) is 11.4 Å². The monoisotopic (exact) mass is 426 g/mol. The summed E-state index contributed by atoms with van der Waals surface area (Å²) in [5.41, 5.74) is 1.91. The molecule has 1 N–H and O–H groups in total. The van der Waals surface area contributed by atoms with E-state index in [-0.39, 0.29) is 29.7 Å². The molecule has 1 aliphatic rings. The second-order valence-corrected chi connectivity index (χ2v) is 8.81. The molecule has 1 aliphatic heterocycles. The maximum atomic E-state index is 13.3. The van der Waals surface area contributed by atoms with Crippen LogP contribution in [0.5, 0.6) is 5.75 Å². The number of thioether (sulfide) groups is 1. The highest BCUT2D eigenvalue weighted by Gasteiger charge is 2.35. The van der Waals surface area contributed by atoms with Crippen LogP contribution in [0.25, 0.3) is 0 Å². The Morgan fingerprint density at radius 2 is 1.77 bits per heavy atom. The van der Waals surface area contributed by atoms with Crippen molar-refractivity contribution in [1.29, 1.82) is 0 Å². The Bertz CT molecular complexity index is 855. The first-order chi connectivity index (χ1) is 14.5. The lowest BCUT2D eigenvalue weighted by atomic mass is 10.1. The number of nitrogens with one attached hydrogen (secondary N) is 1. The molecule has 1 heterocycles. The van der Waals surface area contributed by atoms with Crippen LogP contribution >= 0.6 is 11.8 Å². The Labute approximate surface area is 183 Å². The van der Waals surface area contributed by atoms with Crippen molar-refractivity contribution in [3.8, 4) is 5.75 Å². The van der Waals surface area contributed by atoms with Gasteiger partial charge < -0.3 is 15.0 Å². The number of carbonyl (C=O) groups is 2. The molecule has 160 valence electrons. The largest absolute Gasteiger partial charge is 0.477 e. The number of hydrogen-bond acceptors (Lipinski definition) is 4. The van der Waals surface area contributed by atoms with Gasteiger partial charge in [-0.2, -0.15) is 0 Å². The smallest absolute Gasteiger partial charge is 0.263 e. The van der Waals surface area contributed by atoms with Crippen LogP contribution in [0.2, 0.25) is 0 Å². The molecule has 0 bridgehead atoms. The lowest BCUT2D eigenvalue weighted by Crippen LogP contribution is -2.53. The van der Waals surface area contributed by atoms with Crippen molar-refractivity contribution >= 4 is 29.3 Å². The number of benzene rings is 2. The van der Waals surface area contributed by atoms with Crippen molar-refractivity contribution in [2.45, 2.75) is 56.8 Å². The first-order valence-electron chi connectivity index (χ1n) is 10.6. The molecule has 2 aromatic carbocycles. The van der Waals surface area contributed by atoms with Crippen LogP contribution in [0.1, 0.15) is 39.2 Å². The van der Waals surface area contributed by atoms with Gasteiger partial charge in [-0.05, 0) is 37.5 Å². The van der Waals surface area contributed by atoms with Crippen molar-refractivity contribution in [1.82, 2.24) is 5.32 Å². The maximum Gasteiger partial charge on any atom is 0.263 e. The third-order valence-electron chi connectivity index (χ3n) is 5.35. The van der Waals surface area contributed by atoms with Gasteiger partial charge in [0.1, 0.15) is 5.75 Å². The number of fused-ring (bicyclic) bond motifs is 1. The van der Waals surface area contributed by atoms with Gasteiger partial charge in [-0.15, -0.1) is 11.8 Å². The Morgan fingerprint density at radius 1 is 1.10 bits per heavy atom. The molecule has 0 saturated carbocycles. The summed E-state index contributed by atoms with van der Waals surface area (Å²) in [5.74, 6) is 1.16. The van der Waals surface area contributed by atoms with E-state index in [1.165, 1.54) is 5.56 Å². The Morgan fingerprint density at radius 3 is 2.47 bits per heavy atom. The fourth-order valence-electron chi connectivity index (χ4n) is 3.45. The Balaban J connectivity index is 1.73. The zero-order valence-corrected chi connectivity index (χ0v) is 18.7. The molecular weight excluding hydrogens is 396 g/mol. The standard InChI is InChI=1S/C24H30N2O3S/c1-4-19(5-2)25-23(27)22-15-26(20-13-9-10-14-21(20)29-22)24(28)17(3)30-16-18-11-7-6-8-12-18/h6-14,17,19,22H,4-5,15-16H2,1-3H3,(H,25,27). The van der Waals surface area contributed by atoms with E-state index in [2.05, 4.69) is 17.4 Å². The van der Waals surface area contributed by atoms with E-state index in [1.54, 1.807) is 16.7 Å². The van der Waals surface area contributed by atoms with Crippen molar-refractivity contribution in [3.63, 3.8) is 0 Å². The van der Waals surface area contributed by atoms with Gasteiger partial charge >= 0.3 is 0 Å². The molecule has 0 aliphatic carbocycles. The zero-order valence-electron chi connectivity index (χ0n) is 17.8. The summed E-state index contributed by atoms with van der Waals surface area (Å²) in [5, 5.41) is 2.81. The molecule has 2 aromatic rings. The number of para-hydroxylation sites is 2. The number of anilines is 1. The molecule has 0 radical (unpaired) electrons. The van der Waals surface area contributed by atoms with E-state index in [0.29, 0.717) is 5.75 Å². The molecule has 2 amide bonds. The van der Waals surface area contributed by atoms with Gasteiger partial charge in [0.05, 0.1) is 17.5 Å². The quantitative estimate of drug-likeness (QED) is 0.679. The Hall–Kier alpha value is -2.47. The first-order valence-corrected chi connectivity index (χ1v) is 11.6. The number of nitrogens with zero attached hydrogens (tertiary/aromatic N) is 1. The number of rotatable bonds is 8. The molecule has 0 fully saturated rings. The second-order valence-electron chi connectivity index (χ2n) is 7.48. The summed E-state index contributed by atoms with van der Waals surface area (Å²) >= 11 is 1.60. The van der Waals surface area contributed by atoms with E-state index in [1.807, 2.05) is 63.2 Å². The lowest BCUT2D eigenvalue weighted by molar-refractivity contribution is -0.129. The van der Waals surface area contributed by atoms with Gasteiger partial charge in [0.15, 0.2) is 6.10 Å². The van der Waals surface area contributed by atoms with Crippen LogP contribution in [-0.4, -0.2) is 35.8 Å². The number of hydrogen-bond donors (Lipinski definition) is 1. The second kappa shape index (κ2) is 10.5. The summed E-state index contributed by atoms with van der Waals surface area (Å²) in [4.78, 5) is 27.8. The van der Waals surface area contributed by atoms with Crippen LogP contribution in [-0.2, 0) is 15.3 Å². The zero-order chi connectivity index (χ0) is 21.5. The summed E-state index contributed by atoms with van der Waals surface area (Å²) in [6.45, 7) is 6.24. The molecule has 0 spiro atoms. The molecule has 30 heavy (non-hydrogen) atoms. The number of ether oxygens (including phenoxy) is 1. The van der Waals surface area contributed by atoms with Gasteiger partial charge in [-0.1, -0.05) is 56.3 Å². The van der Waals surface area contributed by atoms with Crippen molar-refractivity contribution in [2.24, 2.45) is 0 Å². The minimum Gasteiger partial charge on any atom is -0.477 e. The first kappa shape index (κ1) is 22.2. The highest BCUT2D eigenvalue weighted by atomic mass is 32.2. The normalized spacial score (nSPS) is 16.5. The van der Waals surface area contributed by atoms with Gasteiger partial charge in [0.2, 0.25) is 5.91 Å². The third kappa shape index (κ3) is 5.36. The van der Waals surface area contributed by atoms with Gasteiger partial charge in [-0.25, -0.2) is 0 Å². The van der Waals surface area contributed by atoms with Crippen molar-refractivity contribution < 1.29 is 14.3 Å². The Kier molecular flexibility index (Phi) is 7.80. The summed E-state index contributed by atoms with van der Waals surface area (Å²) < 4.78 is 5.96. The predicted octanol–water partition coefficient (Wildman–Crippen LogP) is 4.41. The molecule has 6 heteroatoms. The lowest BCUT2D eigenvalue weighted by Gasteiger charge is -2.35. The maximum absolute atomic E-state index is 13.3. The van der Waals surface area contributed by atoms with E-state index < -0.39 is 6.10 Å². The van der Waals surface area contributed by atoms with Crippen LogP contribution in [0, 0.1) is 0 Å². The fourth-order valence-corrected chi connectivity index (χ4v) is 4.36. The topological polar surface area (TPSA) is 58.6 Å². The van der Waals surface area contributed by atoms with E-state index in [0.717, 1.165) is 24.3 Å². The van der Waals surface area contributed by atoms with Gasteiger partial charge in [0.25, 0.3) is 5.91 Å². The van der Waals surface area contributed by atoms with E-state index >= 15 is 0 Å². The average molecular weight is 427 g/mol. The molecule has 2 unspecified atom stereocenters. The number of carbonyl (C=O) groups excluding carboxylic acids is 2. The van der Waals surface area contributed by atoms with Crippen LogP contribution in [0.4, 0.5) is 5.69 Å².